The number of aliphatic carboxylic acids is 1. The van der Waals surface area contributed by atoms with E-state index in [0.717, 1.165) is 19.4 Å². The Morgan fingerprint density at radius 2 is 1.93 bits per heavy atom. The van der Waals surface area contributed by atoms with E-state index in [2.05, 4.69) is 11.8 Å². The molecule has 0 heterocycles. The Morgan fingerprint density at radius 1 is 1.43 bits per heavy atom. The molecule has 3 nitrogen and oxygen atoms in total. The standard InChI is InChI=1S/C10H21NO2.ClH/c1-5-6-7-11(4)8-10(2,3)9(12)13;/h5-8H2,1-4H3,(H,12,13);1H. The summed E-state index contributed by atoms with van der Waals surface area (Å²) >= 11 is 0. The number of rotatable bonds is 6. The van der Waals surface area contributed by atoms with Crippen LogP contribution in [0.4, 0.5) is 0 Å². The number of halogens is 1. The van der Waals surface area contributed by atoms with Gasteiger partial charge in [0, 0.05) is 6.54 Å². The van der Waals surface area contributed by atoms with Gasteiger partial charge in [-0.2, -0.15) is 0 Å². The number of carboxylic acids is 1. The van der Waals surface area contributed by atoms with Crippen LogP contribution in [0.3, 0.4) is 0 Å². The van der Waals surface area contributed by atoms with Gasteiger partial charge in [-0.3, -0.25) is 4.79 Å². The minimum Gasteiger partial charge on any atom is -0.481 e. The van der Waals surface area contributed by atoms with Crippen molar-refractivity contribution in [1.82, 2.24) is 4.90 Å². The molecular weight excluding hydrogens is 202 g/mol. The highest BCUT2D eigenvalue weighted by atomic mass is 35.5. The van der Waals surface area contributed by atoms with E-state index in [1.54, 1.807) is 13.8 Å². The molecule has 0 unspecified atom stereocenters. The topological polar surface area (TPSA) is 40.5 Å². The normalized spacial score (nSPS) is 11.2. The Morgan fingerprint density at radius 3 is 2.29 bits per heavy atom. The van der Waals surface area contributed by atoms with E-state index >= 15 is 0 Å². The lowest BCUT2D eigenvalue weighted by Gasteiger charge is -2.26. The molecule has 86 valence electrons. The summed E-state index contributed by atoms with van der Waals surface area (Å²) in [6.07, 6.45) is 2.28. The van der Waals surface area contributed by atoms with Crippen molar-refractivity contribution in [2.24, 2.45) is 5.41 Å². The highest BCUT2D eigenvalue weighted by Crippen LogP contribution is 2.16. The van der Waals surface area contributed by atoms with Crippen molar-refractivity contribution in [1.29, 1.82) is 0 Å². The first kappa shape index (κ1) is 16.2. The second kappa shape index (κ2) is 7.07. The molecule has 0 spiro atoms. The fourth-order valence-electron chi connectivity index (χ4n) is 1.25. The van der Waals surface area contributed by atoms with Crippen molar-refractivity contribution in [3.05, 3.63) is 0 Å². The van der Waals surface area contributed by atoms with E-state index in [4.69, 9.17) is 5.11 Å². The molecule has 0 rings (SSSR count). The van der Waals surface area contributed by atoms with Crippen LogP contribution in [0, 0.1) is 5.41 Å². The number of carbonyl (C=O) groups is 1. The summed E-state index contributed by atoms with van der Waals surface area (Å²) in [7, 11) is 1.97. The van der Waals surface area contributed by atoms with E-state index < -0.39 is 11.4 Å². The van der Waals surface area contributed by atoms with E-state index in [1.807, 2.05) is 7.05 Å². The van der Waals surface area contributed by atoms with Crippen LogP contribution in [0.5, 0.6) is 0 Å². The van der Waals surface area contributed by atoms with Crippen molar-refractivity contribution < 1.29 is 9.90 Å². The maximum absolute atomic E-state index is 10.8. The number of hydrogen-bond acceptors (Lipinski definition) is 2. The van der Waals surface area contributed by atoms with Crippen molar-refractivity contribution in [3.8, 4) is 0 Å². The average molecular weight is 224 g/mol. The molecule has 0 aliphatic carbocycles. The molecule has 0 fully saturated rings. The minimum absolute atomic E-state index is 0. The van der Waals surface area contributed by atoms with Crippen LogP contribution < -0.4 is 0 Å². The maximum atomic E-state index is 10.8. The van der Waals surface area contributed by atoms with Gasteiger partial charge in [-0.1, -0.05) is 13.3 Å². The third kappa shape index (κ3) is 6.22. The van der Waals surface area contributed by atoms with Gasteiger partial charge in [-0.15, -0.1) is 12.4 Å². The number of carboxylic acid groups (broad SMARTS) is 1. The summed E-state index contributed by atoms with van der Waals surface area (Å²) < 4.78 is 0. The Kier molecular flexibility index (Phi) is 8.16. The molecule has 4 heteroatoms. The Bertz CT molecular complexity index is 172. The molecule has 0 aliphatic rings. The van der Waals surface area contributed by atoms with Gasteiger partial charge >= 0.3 is 5.97 Å². The lowest BCUT2D eigenvalue weighted by atomic mass is 9.93. The molecule has 0 bridgehead atoms. The molecule has 0 radical (unpaired) electrons. The molecule has 0 aromatic carbocycles. The van der Waals surface area contributed by atoms with Crippen LogP contribution >= 0.6 is 12.4 Å². The van der Waals surface area contributed by atoms with E-state index in [-0.39, 0.29) is 12.4 Å². The minimum atomic E-state index is -0.726. The highest BCUT2D eigenvalue weighted by Gasteiger charge is 2.28. The van der Waals surface area contributed by atoms with Crippen LogP contribution in [0.1, 0.15) is 33.6 Å². The fraction of sp³-hybridized carbons (Fsp3) is 0.900. The molecule has 14 heavy (non-hydrogen) atoms. The number of unbranched alkanes of at least 4 members (excludes halogenated alkanes) is 1. The molecular formula is C10H22ClNO2. The number of hydrogen-bond donors (Lipinski definition) is 1. The summed E-state index contributed by atoms with van der Waals surface area (Å²) in [5, 5.41) is 8.89. The van der Waals surface area contributed by atoms with Gasteiger partial charge in [0.15, 0.2) is 0 Å². The summed E-state index contributed by atoms with van der Waals surface area (Å²) in [4.78, 5) is 12.9. The summed E-state index contributed by atoms with van der Waals surface area (Å²) in [5.41, 5.74) is -0.636. The monoisotopic (exact) mass is 223 g/mol. The zero-order valence-electron chi connectivity index (χ0n) is 9.54. The van der Waals surface area contributed by atoms with Gasteiger partial charge in [-0.05, 0) is 33.9 Å². The first-order valence-corrected chi connectivity index (χ1v) is 4.82. The van der Waals surface area contributed by atoms with Gasteiger partial charge in [0.05, 0.1) is 5.41 Å². The molecule has 0 aromatic heterocycles. The maximum Gasteiger partial charge on any atom is 0.310 e. The quantitative estimate of drug-likeness (QED) is 0.751. The van der Waals surface area contributed by atoms with Crippen LogP contribution in [-0.4, -0.2) is 36.1 Å². The van der Waals surface area contributed by atoms with Crippen LogP contribution in [0.2, 0.25) is 0 Å². The summed E-state index contributed by atoms with van der Waals surface area (Å²) in [6.45, 7) is 7.25. The fourth-order valence-corrected chi connectivity index (χ4v) is 1.25. The van der Waals surface area contributed by atoms with Crippen LogP contribution in [0.25, 0.3) is 0 Å². The van der Waals surface area contributed by atoms with Gasteiger partial charge in [0.2, 0.25) is 0 Å². The van der Waals surface area contributed by atoms with Crippen molar-refractivity contribution in [2.45, 2.75) is 33.6 Å². The predicted octanol–water partition coefficient (Wildman–Crippen LogP) is 2.25. The van der Waals surface area contributed by atoms with Gasteiger partial charge < -0.3 is 10.0 Å². The lowest BCUT2D eigenvalue weighted by molar-refractivity contribution is -0.147. The summed E-state index contributed by atoms with van der Waals surface area (Å²) in [5.74, 6) is -0.726. The van der Waals surface area contributed by atoms with Crippen molar-refractivity contribution in [3.63, 3.8) is 0 Å². The Labute approximate surface area is 92.9 Å². The largest absolute Gasteiger partial charge is 0.481 e. The van der Waals surface area contributed by atoms with E-state index in [1.165, 1.54) is 0 Å². The Hall–Kier alpha value is -0.280. The van der Waals surface area contributed by atoms with E-state index in [9.17, 15) is 4.79 Å². The second-order valence-electron chi connectivity index (χ2n) is 4.28. The SMILES string of the molecule is CCCCN(C)CC(C)(C)C(=O)O.Cl. The zero-order valence-corrected chi connectivity index (χ0v) is 10.4. The third-order valence-corrected chi connectivity index (χ3v) is 2.14. The van der Waals surface area contributed by atoms with E-state index in [0.29, 0.717) is 6.54 Å². The molecule has 0 saturated carbocycles. The van der Waals surface area contributed by atoms with Crippen molar-refractivity contribution in [2.75, 3.05) is 20.1 Å². The predicted molar refractivity (Wildman–Crippen MR) is 61.1 cm³/mol. The van der Waals surface area contributed by atoms with Crippen molar-refractivity contribution >= 4 is 18.4 Å². The molecule has 0 aliphatic heterocycles. The number of nitrogens with zero attached hydrogens (tertiary/aromatic N) is 1. The third-order valence-electron chi connectivity index (χ3n) is 2.14. The summed E-state index contributed by atoms with van der Waals surface area (Å²) in [6, 6.07) is 0. The molecule has 0 aromatic rings. The van der Waals surface area contributed by atoms with Crippen LogP contribution in [-0.2, 0) is 4.79 Å². The molecule has 1 N–H and O–H groups in total. The molecule has 0 amide bonds. The first-order valence-electron chi connectivity index (χ1n) is 4.82. The van der Waals surface area contributed by atoms with Gasteiger partial charge in [0.1, 0.15) is 0 Å². The highest BCUT2D eigenvalue weighted by molar-refractivity contribution is 5.85. The smallest absolute Gasteiger partial charge is 0.310 e. The van der Waals surface area contributed by atoms with Crippen LogP contribution in [0.15, 0.2) is 0 Å². The van der Waals surface area contributed by atoms with Gasteiger partial charge in [0.25, 0.3) is 0 Å². The lowest BCUT2D eigenvalue weighted by Crippen LogP contribution is -2.37. The first-order chi connectivity index (χ1) is 5.90. The van der Waals surface area contributed by atoms with Gasteiger partial charge in [-0.25, -0.2) is 0 Å². The molecule has 0 atom stereocenters. The second-order valence-corrected chi connectivity index (χ2v) is 4.28. The zero-order chi connectivity index (χ0) is 10.5. The average Bonchev–Trinajstić information content (AvgIpc) is 1.99. The molecule has 0 saturated heterocycles. The Balaban J connectivity index is 0.